The molecule has 1 heterocycles. The Hall–Kier alpha value is -1.57. The highest BCUT2D eigenvalue weighted by atomic mass is 16.1. The quantitative estimate of drug-likeness (QED) is 0.672. The summed E-state index contributed by atoms with van der Waals surface area (Å²) in [4.78, 5) is 11.5. The van der Waals surface area contributed by atoms with Crippen LogP contribution in [-0.4, -0.2) is 4.57 Å². The smallest absolute Gasteiger partial charge is 0.189 e. The highest BCUT2D eigenvalue weighted by Crippen LogP contribution is 2.14. The van der Waals surface area contributed by atoms with Crippen LogP contribution in [0.3, 0.4) is 0 Å². The maximum Gasteiger partial charge on any atom is 0.189 e. The normalized spacial score (nSPS) is 11.1. The van der Waals surface area contributed by atoms with E-state index in [9.17, 15) is 4.79 Å². The Kier molecular flexibility index (Phi) is 2.12. The molecule has 0 fully saturated rings. The van der Waals surface area contributed by atoms with E-state index in [4.69, 9.17) is 0 Å². The molecular formula is C12H13NO. The van der Waals surface area contributed by atoms with Crippen molar-refractivity contribution < 1.29 is 0 Å². The van der Waals surface area contributed by atoms with Crippen molar-refractivity contribution in [1.82, 2.24) is 4.57 Å². The van der Waals surface area contributed by atoms with Crippen molar-refractivity contribution >= 4 is 10.9 Å². The van der Waals surface area contributed by atoms with Crippen LogP contribution in [0.15, 0.2) is 41.3 Å². The van der Waals surface area contributed by atoms with Crippen LogP contribution in [0.1, 0.15) is 19.9 Å². The van der Waals surface area contributed by atoms with Crippen molar-refractivity contribution in [3.8, 4) is 0 Å². The summed E-state index contributed by atoms with van der Waals surface area (Å²) in [7, 11) is 0. The number of hydrogen-bond donors (Lipinski definition) is 0. The highest BCUT2D eigenvalue weighted by Gasteiger charge is 2.03. The van der Waals surface area contributed by atoms with Crippen LogP contribution in [0.25, 0.3) is 10.9 Å². The van der Waals surface area contributed by atoms with Crippen molar-refractivity contribution in [3.05, 3.63) is 46.8 Å². The maximum atomic E-state index is 11.5. The Balaban J connectivity index is 2.89. The molecular weight excluding hydrogens is 174 g/mol. The van der Waals surface area contributed by atoms with E-state index in [-0.39, 0.29) is 5.43 Å². The van der Waals surface area contributed by atoms with Gasteiger partial charge in [-0.25, -0.2) is 0 Å². The molecule has 0 amide bonds. The lowest BCUT2D eigenvalue weighted by atomic mass is 10.2. The molecule has 0 aliphatic heterocycles. The Morgan fingerprint density at radius 1 is 1.14 bits per heavy atom. The fourth-order valence-electron chi connectivity index (χ4n) is 1.68. The fraction of sp³-hybridized carbons (Fsp3) is 0.250. The number of benzene rings is 1. The third-order valence-corrected chi connectivity index (χ3v) is 2.39. The zero-order valence-electron chi connectivity index (χ0n) is 8.40. The molecule has 2 nitrogen and oxygen atoms in total. The molecule has 0 aliphatic carbocycles. The van der Waals surface area contributed by atoms with Gasteiger partial charge in [-0.1, -0.05) is 12.1 Å². The van der Waals surface area contributed by atoms with Gasteiger partial charge in [-0.2, -0.15) is 0 Å². The van der Waals surface area contributed by atoms with Crippen LogP contribution in [0, 0.1) is 0 Å². The zero-order valence-corrected chi connectivity index (χ0v) is 8.40. The third-order valence-electron chi connectivity index (χ3n) is 2.39. The first-order valence-corrected chi connectivity index (χ1v) is 4.80. The number of hydrogen-bond acceptors (Lipinski definition) is 1. The second-order valence-electron chi connectivity index (χ2n) is 3.70. The molecule has 14 heavy (non-hydrogen) atoms. The minimum absolute atomic E-state index is 0.0949. The minimum atomic E-state index is 0.0949. The van der Waals surface area contributed by atoms with E-state index >= 15 is 0 Å². The number of nitrogens with zero attached hydrogens (tertiary/aromatic N) is 1. The van der Waals surface area contributed by atoms with Gasteiger partial charge >= 0.3 is 0 Å². The van der Waals surface area contributed by atoms with E-state index in [1.807, 2.05) is 30.5 Å². The van der Waals surface area contributed by atoms with Gasteiger partial charge in [0.1, 0.15) is 0 Å². The molecule has 0 unspecified atom stereocenters. The van der Waals surface area contributed by atoms with E-state index in [1.165, 1.54) is 0 Å². The predicted octanol–water partition coefficient (Wildman–Crippen LogP) is 2.58. The Labute approximate surface area is 82.8 Å². The van der Waals surface area contributed by atoms with Gasteiger partial charge in [0.05, 0.1) is 5.52 Å². The monoisotopic (exact) mass is 187 g/mol. The van der Waals surface area contributed by atoms with E-state index < -0.39 is 0 Å². The molecule has 0 N–H and O–H groups in total. The van der Waals surface area contributed by atoms with Crippen molar-refractivity contribution in [3.63, 3.8) is 0 Å². The van der Waals surface area contributed by atoms with Gasteiger partial charge in [-0.05, 0) is 26.0 Å². The SMILES string of the molecule is CC(C)n1ccc(=O)c2ccccc21. The summed E-state index contributed by atoms with van der Waals surface area (Å²) in [5.41, 5.74) is 1.10. The molecule has 0 saturated heterocycles. The molecule has 0 saturated carbocycles. The van der Waals surface area contributed by atoms with Gasteiger partial charge in [0.2, 0.25) is 0 Å². The van der Waals surface area contributed by atoms with Crippen LogP contribution in [-0.2, 0) is 0 Å². The van der Waals surface area contributed by atoms with E-state index in [0.29, 0.717) is 6.04 Å². The molecule has 1 aromatic carbocycles. The molecule has 2 rings (SSSR count). The van der Waals surface area contributed by atoms with Crippen molar-refractivity contribution in [2.24, 2.45) is 0 Å². The van der Waals surface area contributed by atoms with Crippen molar-refractivity contribution in [2.75, 3.05) is 0 Å². The summed E-state index contributed by atoms with van der Waals surface area (Å²) in [6.07, 6.45) is 1.86. The second-order valence-corrected chi connectivity index (χ2v) is 3.70. The summed E-state index contributed by atoms with van der Waals surface area (Å²) in [6, 6.07) is 9.71. The van der Waals surface area contributed by atoms with Crippen LogP contribution >= 0.6 is 0 Å². The van der Waals surface area contributed by atoms with Gasteiger partial charge in [0.15, 0.2) is 5.43 Å². The van der Waals surface area contributed by atoms with E-state index in [0.717, 1.165) is 10.9 Å². The number of pyridine rings is 1. The molecule has 0 atom stereocenters. The first-order valence-electron chi connectivity index (χ1n) is 4.80. The molecule has 0 radical (unpaired) electrons. The lowest BCUT2D eigenvalue weighted by Gasteiger charge is -2.13. The topological polar surface area (TPSA) is 22.0 Å². The number of aromatic nitrogens is 1. The summed E-state index contributed by atoms with van der Waals surface area (Å²) in [6.45, 7) is 4.22. The van der Waals surface area contributed by atoms with E-state index in [2.05, 4.69) is 18.4 Å². The lowest BCUT2D eigenvalue weighted by Crippen LogP contribution is -2.09. The van der Waals surface area contributed by atoms with Gasteiger partial charge in [-0.15, -0.1) is 0 Å². The highest BCUT2D eigenvalue weighted by molar-refractivity contribution is 5.78. The average molecular weight is 187 g/mol. The third kappa shape index (κ3) is 1.33. The van der Waals surface area contributed by atoms with Gasteiger partial charge in [0, 0.05) is 23.7 Å². The van der Waals surface area contributed by atoms with Crippen LogP contribution in [0.2, 0.25) is 0 Å². The second kappa shape index (κ2) is 3.29. The van der Waals surface area contributed by atoms with Crippen LogP contribution < -0.4 is 5.43 Å². The first kappa shape index (κ1) is 9.00. The lowest BCUT2D eigenvalue weighted by molar-refractivity contribution is 0.618. The van der Waals surface area contributed by atoms with Crippen LogP contribution in [0.4, 0.5) is 0 Å². The first-order chi connectivity index (χ1) is 6.70. The molecule has 2 heteroatoms. The summed E-state index contributed by atoms with van der Waals surface area (Å²) < 4.78 is 2.11. The van der Waals surface area contributed by atoms with Crippen molar-refractivity contribution in [2.45, 2.75) is 19.9 Å². The Bertz CT molecular complexity index is 511. The predicted molar refractivity (Wildman–Crippen MR) is 58.6 cm³/mol. The number of para-hydroxylation sites is 1. The Morgan fingerprint density at radius 2 is 1.86 bits per heavy atom. The number of rotatable bonds is 1. The standard InChI is InChI=1S/C12H13NO/c1-9(2)13-8-7-12(14)10-5-3-4-6-11(10)13/h3-9H,1-2H3. The largest absolute Gasteiger partial charge is 0.345 e. The average Bonchev–Trinajstić information content (AvgIpc) is 2.18. The maximum absolute atomic E-state index is 11.5. The summed E-state index contributed by atoms with van der Waals surface area (Å²) >= 11 is 0. The Morgan fingerprint density at radius 3 is 2.57 bits per heavy atom. The molecule has 0 bridgehead atoms. The molecule has 1 aromatic heterocycles. The van der Waals surface area contributed by atoms with Crippen LogP contribution in [0.5, 0.6) is 0 Å². The zero-order chi connectivity index (χ0) is 10.1. The fourth-order valence-corrected chi connectivity index (χ4v) is 1.68. The van der Waals surface area contributed by atoms with E-state index in [1.54, 1.807) is 6.07 Å². The summed E-state index contributed by atoms with van der Waals surface area (Å²) in [5, 5.41) is 0.795. The van der Waals surface area contributed by atoms with Crippen molar-refractivity contribution in [1.29, 1.82) is 0 Å². The molecule has 2 aromatic rings. The molecule has 72 valence electrons. The number of fused-ring (bicyclic) bond motifs is 1. The molecule has 0 spiro atoms. The van der Waals surface area contributed by atoms with Gasteiger partial charge in [0.25, 0.3) is 0 Å². The van der Waals surface area contributed by atoms with Gasteiger partial charge in [-0.3, -0.25) is 4.79 Å². The molecule has 0 aliphatic rings. The summed E-state index contributed by atoms with van der Waals surface area (Å²) in [5.74, 6) is 0. The van der Waals surface area contributed by atoms with Gasteiger partial charge < -0.3 is 4.57 Å². The minimum Gasteiger partial charge on any atom is -0.345 e.